The highest BCUT2D eigenvalue weighted by Gasteiger charge is 2.42. The number of amidine groups is 3. The zero-order valence-electron chi connectivity index (χ0n) is 19.6. The summed E-state index contributed by atoms with van der Waals surface area (Å²) in [6, 6.07) is 15.6. The fourth-order valence-corrected chi connectivity index (χ4v) is 5.99. The number of carbonyl (C=O) groups excluding carboxylic acids is 1. The first-order chi connectivity index (χ1) is 17.3. The summed E-state index contributed by atoms with van der Waals surface area (Å²) in [5.74, 6) is -0.241. The number of aryl methyl sites for hydroxylation is 1. The van der Waals surface area contributed by atoms with E-state index in [2.05, 4.69) is 9.39 Å². The molecule has 3 heterocycles. The molecule has 11 heteroatoms. The maximum absolute atomic E-state index is 12.8. The van der Waals surface area contributed by atoms with Gasteiger partial charge in [-0.25, -0.2) is 13.3 Å². The minimum atomic E-state index is -3.70. The summed E-state index contributed by atoms with van der Waals surface area (Å²) < 4.78 is 36.9. The number of nitrogens with one attached hydrogen (secondary N) is 1. The van der Waals surface area contributed by atoms with Gasteiger partial charge in [0.1, 0.15) is 18.2 Å². The summed E-state index contributed by atoms with van der Waals surface area (Å²) in [4.78, 5) is 17.9. The number of nitrogens with zero attached hydrogens (tertiary/aromatic N) is 4. The van der Waals surface area contributed by atoms with Crippen molar-refractivity contribution in [3.63, 3.8) is 0 Å². The molecule has 2 aromatic carbocycles. The Hall–Kier alpha value is -3.70. The number of amides is 1. The molecule has 1 amide bonds. The SMILES string of the molecule is CCS(=O)(=O)C1=NSC2=NC(=O)/C(=C\c3cn(CCOc4cccc(C)c4)c4ccccc34)C(=N)N21. The van der Waals surface area contributed by atoms with Gasteiger partial charge in [0.05, 0.1) is 29.8 Å². The van der Waals surface area contributed by atoms with E-state index in [0.717, 1.165) is 44.6 Å². The molecule has 9 nitrogen and oxygen atoms in total. The van der Waals surface area contributed by atoms with E-state index in [0.29, 0.717) is 13.2 Å². The Morgan fingerprint density at radius 2 is 1.97 bits per heavy atom. The van der Waals surface area contributed by atoms with Crippen molar-refractivity contribution in [2.45, 2.75) is 20.4 Å². The van der Waals surface area contributed by atoms with E-state index in [4.69, 9.17) is 10.1 Å². The highest BCUT2D eigenvalue weighted by molar-refractivity contribution is 8.16. The molecule has 1 N–H and O–H groups in total. The zero-order valence-corrected chi connectivity index (χ0v) is 21.3. The van der Waals surface area contributed by atoms with Gasteiger partial charge >= 0.3 is 0 Å². The number of aromatic nitrogens is 1. The third kappa shape index (κ3) is 4.35. The molecule has 2 aliphatic rings. The topological polar surface area (TPSA) is 117 Å². The van der Waals surface area contributed by atoms with E-state index < -0.39 is 15.7 Å². The minimum Gasteiger partial charge on any atom is -0.492 e. The minimum absolute atomic E-state index is 0.000771. The van der Waals surface area contributed by atoms with Gasteiger partial charge in [-0.3, -0.25) is 10.2 Å². The molecular formula is C25H23N5O4S2. The lowest BCUT2D eigenvalue weighted by Gasteiger charge is -2.24. The predicted molar refractivity (Wildman–Crippen MR) is 143 cm³/mol. The number of benzene rings is 2. The molecule has 0 fully saturated rings. The molecule has 0 aliphatic carbocycles. The maximum Gasteiger partial charge on any atom is 0.283 e. The van der Waals surface area contributed by atoms with E-state index in [9.17, 15) is 13.2 Å². The Kier molecular flexibility index (Phi) is 6.27. The number of hydrogen-bond acceptors (Lipinski definition) is 7. The van der Waals surface area contributed by atoms with Crippen molar-refractivity contribution in [2.24, 2.45) is 9.39 Å². The van der Waals surface area contributed by atoms with Crippen molar-refractivity contribution >= 4 is 60.8 Å². The Balaban J connectivity index is 1.46. The van der Waals surface area contributed by atoms with Gasteiger partial charge in [0, 0.05) is 22.7 Å². The van der Waals surface area contributed by atoms with Gasteiger partial charge in [0.2, 0.25) is 20.2 Å². The molecule has 0 unspecified atom stereocenters. The second-order valence-electron chi connectivity index (χ2n) is 8.27. The number of sulfone groups is 1. The van der Waals surface area contributed by atoms with Crippen LogP contribution >= 0.6 is 11.9 Å². The first kappa shape index (κ1) is 24.0. The highest BCUT2D eigenvalue weighted by Crippen LogP contribution is 2.31. The maximum atomic E-state index is 12.8. The molecule has 184 valence electrons. The van der Waals surface area contributed by atoms with Crippen LogP contribution in [0, 0.1) is 12.3 Å². The molecule has 36 heavy (non-hydrogen) atoms. The largest absolute Gasteiger partial charge is 0.492 e. The van der Waals surface area contributed by atoms with E-state index in [-0.39, 0.29) is 27.5 Å². The van der Waals surface area contributed by atoms with Gasteiger partial charge in [0.25, 0.3) is 5.91 Å². The van der Waals surface area contributed by atoms with Gasteiger partial charge in [-0.1, -0.05) is 37.3 Å². The normalized spacial score (nSPS) is 16.9. The van der Waals surface area contributed by atoms with Crippen LogP contribution in [-0.4, -0.2) is 52.3 Å². The molecule has 3 aromatic rings. The van der Waals surface area contributed by atoms with Gasteiger partial charge in [-0.15, -0.1) is 0 Å². The predicted octanol–water partition coefficient (Wildman–Crippen LogP) is 4.04. The third-order valence-electron chi connectivity index (χ3n) is 5.86. The lowest BCUT2D eigenvalue weighted by Crippen LogP contribution is -2.45. The Labute approximate surface area is 212 Å². The summed E-state index contributed by atoms with van der Waals surface area (Å²) >= 11 is 0.785. The van der Waals surface area contributed by atoms with Gasteiger partial charge < -0.3 is 9.30 Å². The van der Waals surface area contributed by atoms with Crippen LogP contribution in [0.3, 0.4) is 0 Å². The van der Waals surface area contributed by atoms with E-state index in [1.807, 2.05) is 66.2 Å². The molecule has 0 radical (unpaired) electrons. The second-order valence-corrected chi connectivity index (χ2v) is 11.2. The second kappa shape index (κ2) is 9.40. The lowest BCUT2D eigenvalue weighted by molar-refractivity contribution is -0.114. The fraction of sp³-hybridized carbons (Fsp3) is 0.200. The summed E-state index contributed by atoms with van der Waals surface area (Å²) in [7, 11) is -3.70. The number of fused-ring (bicyclic) bond motifs is 2. The average molecular weight is 522 g/mol. The van der Waals surface area contributed by atoms with E-state index in [1.54, 1.807) is 6.08 Å². The van der Waals surface area contributed by atoms with Crippen LogP contribution in [-0.2, 0) is 21.2 Å². The lowest BCUT2D eigenvalue weighted by atomic mass is 10.1. The van der Waals surface area contributed by atoms with Crippen LogP contribution in [0.25, 0.3) is 17.0 Å². The summed E-state index contributed by atoms with van der Waals surface area (Å²) in [6.07, 6.45) is 3.48. The molecule has 1 aromatic heterocycles. The molecule has 0 spiro atoms. The number of ether oxygens (including phenoxy) is 1. The highest BCUT2D eigenvalue weighted by atomic mass is 32.2. The number of hydrogen-bond donors (Lipinski definition) is 1. The van der Waals surface area contributed by atoms with Crippen molar-refractivity contribution in [1.82, 2.24) is 9.47 Å². The third-order valence-corrected chi connectivity index (χ3v) is 8.27. The first-order valence-corrected chi connectivity index (χ1v) is 13.7. The number of para-hydroxylation sites is 1. The quantitative estimate of drug-likeness (QED) is 0.387. The van der Waals surface area contributed by atoms with Crippen molar-refractivity contribution in [3.8, 4) is 5.75 Å². The Morgan fingerprint density at radius 3 is 2.75 bits per heavy atom. The molecule has 0 bridgehead atoms. The van der Waals surface area contributed by atoms with Gasteiger partial charge in [-0.2, -0.15) is 9.39 Å². The average Bonchev–Trinajstić information content (AvgIpc) is 3.44. The van der Waals surface area contributed by atoms with Gasteiger partial charge in [0.15, 0.2) is 0 Å². The van der Waals surface area contributed by atoms with Crippen LogP contribution in [0.5, 0.6) is 5.75 Å². The van der Waals surface area contributed by atoms with Gasteiger partial charge in [-0.05, 0) is 36.8 Å². The Bertz CT molecular complexity index is 1600. The summed E-state index contributed by atoms with van der Waals surface area (Å²) in [6.45, 7) is 4.53. The standard InChI is InChI=1S/C25H23N5O4S2/c1-3-36(32,33)25-28-35-24-27-23(31)20(22(26)30(24)25)14-17-15-29(21-10-5-4-9-19(17)21)11-12-34-18-8-6-7-16(2)13-18/h4-10,13-15,26H,3,11-12H2,1-2H3/b20-14-,26-22?. The van der Waals surface area contributed by atoms with Crippen LogP contribution in [0.4, 0.5) is 0 Å². The number of rotatable bonds is 6. The number of aliphatic imine (C=N–C) groups is 1. The van der Waals surface area contributed by atoms with Crippen molar-refractivity contribution in [2.75, 3.05) is 12.4 Å². The monoisotopic (exact) mass is 521 g/mol. The van der Waals surface area contributed by atoms with Crippen LogP contribution < -0.4 is 4.74 Å². The summed E-state index contributed by atoms with van der Waals surface area (Å²) in [5.41, 5.74) is 2.79. The van der Waals surface area contributed by atoms with E-state index >= 15 is 0 Å². The molecule has 0 saturated heterocycles. The molecular weight excluding hydrogens is 498 g/mol. The van der Waals surface area contributed by atoms with Crippen molar-refractivity contribution < 1.29 is 17.9 Å². The Morgan fingerprint density at radius 1 is 1.17 bits per heavy atom. The van der Waals surface area contributed by atoms with Crippen LogP contribution in [0.1, 0.15) is 18.1 Å². The molecule has 5 rings (SSSR count). The molecule has 0 saturated carbocycles. The van der Waals surface area contributed by atoms with Crippen LogP contribution in [0.15, 0.2) is 69.7 Å². The number of carbonyl (C=O) groups is 1. The van der Waals surface area contributed by atoms with Crippen LogP contribution in [0.2, 0.25) is 0 Å². The van der Waals surface area contributed by atoms with E-state index in [1.165, 1.54) is 6.92 Å². The molecule has 2 aliphatic heterocycles. The summed E-state index contributed by atoms with van der Waals surface area (Å²) in [5, 5.41) is 9.34. The van der Waals surface area contributed by atoms with Crippen molar-refractivity contribution in [3.05, 3.63) is 71.4 Å². The zero-order chi connectivity index (χ0) is 25.4. The first-order valence-electron chi connectivity index (χ1n) is 11.3. The molecule has 0 atom stereocenters. The van der Waals surface area contributed by atoms with Crippen molar-refractivity contribution in [1.29, 1.82) is 5.41 Å². The smallest absolute Gasteiger partial charge is 0.283 e. The fourth-order valence-electron chi connectivity index (χ4n) is 4.03.